The van der Waals surface area contributed by atoms with Crippen molar-refractivity contribution in [1.29, 1.82) is 0 Å². The van der Waals surface area contributed by atoms with E-state index in [0.29, 0.717) is 0 Å². The minimum atomic E-state index is -0.363. The van der Waals surface area contributed by atoms with Gasteiger partial charge in [0.2, 0.25) is 0 Å². The SMILES string of the molecule is CC[C@H](NC(=O)N1CCC[C@]1(CC)CO)c1cccs1. The van der Waals surface area contributed by atoms with Crippen LogP contribution in [0.5, 0.6) is 0 Å². The van der Waals surface area contributed by atoms with Gasteiger partial charge in [0.25, 0.3) is 0 Å². The van der Waals surface area contributed by atoms with E-state index in [1.54, 1.807) is 11.3 Å². The maximum atomic E-state index is 12.6. The van der Waals surface area contributed by atoms with Gasteiger partial charge in [-0.05, 0) is 37.1 Å². The second kappa shape index (κ2) is 6.59. The topological polar surface area (TPSA) is 52.6 Å². The molecule has 0 radical (unpaired) electrons. The molecule has 112 valence electrons. The summed E-state index contributed by atoms with van der Waals surface area (Å²) in [6.07, 6.45) is 3.53. The molecule has 1 aromatic rings. The Morgan fingerprint density at radius 3 is 2.95 bits per heavy atom. The lowest BCUT2D eigenvalue weighted by atomic mass is 9.94. The highest BCUT2D eigenvalue weighted by Gasteiger charge is 2.42. The van der Waals surface area contributed by atoms with Crippen LogP contribution in [0.3, 0.4) is 0 Å². The molecule has 2 heterocycles. The van der Waals surface area contributed by atoms with Gasteiger partial charge in [-0.25, -0.2) is 4.79 Å². The molecule has 0 aliphatic carbocycles. The summed E-state index contributed by atoms with van der Waals surface area (Å²) in [5.41, 5.74) is -0.363. The average Bonchev–Trinajstić information content (AvgIpc) is 3.13. The molecule has 0 spiro atoms. The van der Waals surface area contributed by atoms with Crippen LogP contribution in [0.2, 0.25) is 0 Å². The molecule has 20 heavy (non-hydrogen) atoms. The summed E-state index contributed by atoms with van der Waals surface area (Å²) in [5.74, 6) is 0. The van der Waals surface area contributed by atoms with E-state index >= 15 is 0 Å². The van der Waals surface area contributed by atoms with Gasteiger partial charge in [0.15, 0.2) is 0 Å². The molecule has 0 aromatic carbocycles. The molecule has 4 nitrogen and oxygen atoms in total. The van der Waals surface area contributed by atoms with Crippen LogP contribution in [0.4, 0.5) is 4.79 Å². The van der Waals surface area contributed by atoms with Gasteiger partial charge in [-0.2, -0.15) is 0 Å². The molecule has 1 aliphatic heterocycles. The predicted octanol–water partition coefficient (Wildman–Crippen LogP) is 3.15. The lowest BCUT2D eigenvalue weighted by Crippen LogP contribution is -2.53. The molecule has 1 aromatic heterocycles. The van der Waals surface area contributed by atoms with Crippen molar-refractivity contribution in [2.24, 2.45) is 0 Å². The number of likely N-dealkylation sites (tertiary alicyclic amines) is 1. The van der Waals surface area contributed by atoms with E-state index in [9.17, 15) is 9.90 Å². The van der Waals surface area contributed by atoms with Gasteiger partial charge in [-0.15, -0.1) is 11.3 Å². The van der Waals surface area contributed by atoms with Crippen LogP contribution in [-0.2, 0) is 0 Å². The number of carbonyl (C=O) groups excluding carboxylic acids is 1. The number of rotatable bonds is 5. The zero-order valence-corrected chi connectivity index (χ0v) is 13.1. The third-order valence-corrected chi connectivity index (χ3v) is 5.37. The number of hydrogen-bond acceptors (Lipinski definition) is 3. The van der Waals surface area contributed by atoms with Crippen LogP contribution in [0.25, 0.3) is 0 Å². The van der Waals surface area contributed by atoms with Crippen LogP contribution in [0.15, 0.2) is 17.5 Å². The van der Waals surface area contributed by atoms with Crippen molar-refractivity contribution < 1.29 is 9.90 Å². The third-order valence-electron chi connectivity index (χ3n) is 4.39. The van der Waals surface area contributed by atoms with Crippen molar-refractivity contribution in [1.82, 2.24) is 10.2 Å². The van der Waals surface area contributed by atoms with E-state index in [1.165, 1.54) is 4.88 Å². The van der Waals surface area contributed by atoms with Gasteiger partial charge in [-0.1, -0.05) is 19.9 Å². The van der Waals surface area contributed by atoms with Crippen LogP contribution in [-0.4, -0.2) is 34.7 Å². The fourth-order valence-corrected chi connectivity index (χ4v) is 3.85. The third kappa shape index (κ3) is 2.83. The molecule has 0 unspecified atom stereocenters. The van der Waals surface area contributed by atoms with E-state index in [0.717, 1.165) is 32.2 Å². The summed E-state index contributed by atoms with van der Waals surface area (Å²) >= 11 is 1.67. The van der Waals surface area contributed by atoms with Gasteiger partial charge < -0.3 is 15.3 Å². The summed E-state index contributed by atoms with van der Waals surface area (Å²) in [7, 11) is 0. The molecular formula is C15H24N2O2S. The first kappa shape index (κ1) is 15.3. The number of urea groups is 1. The molecule has 5 heteroatoms. The van der Waals surface area contributed by atoms with Crippen molar-refractivity contribution in [3.05, 3.63) is 22.4 Å². The molecule has 2 N–H and O–H groups in total. The molecule has 2 atom stereocenters. The molecule has 2 rings (SSSR count). The molecule has 1 saturated heterocycles. The second-order valence-corrected chi connectivity index (χ2v) is 6.40. The fraction of sp³-hybridized carbons (Fsp3) is 0.667. The van der Waals surface area contributed by atoms with Gasteiger partial charge in [0.1, 0.15) is 0 Å². The number of nitrogens with zero attached hydrogens (tertiary/aromatic N) is 1. The summed E-state index contributed by atoms with van der Waals surface area (Å²) in [5, 5.41) is 14.8. The number of hydrogen-bond donors (Lipinski definition) is 2. The first-order valence-corrected chi connectivity index (χ1v) is 8.27. The predicted molar refractivity (Wildman–Crippen MR) is 81.9 cm³/mol. The van der Waals surface area contributed by atoms with Crippen LogP contribution in [0, 0.1) is 0 Å². The first-order chi connectivity index (χ1) is 9.66. The van der Waals surface area contributed by atoms with Gasteiger partial charge in [0.05, 0.1) is 18.2 Å². The Morgan fingerprint density at radius 1 is 1.60 bits per heavy atom. The lowest BCUT2D eigenvalue weighted by Gasteiger charge is -2.37. The Morgan fingerprint density at radius 2 is 2.40 bits per heavy atom. The number of aliphatic hydroxyl groups excluding tert-OH is 1. The Bertz CT molecular complexity index is 429. The highest BCUT2D eigenvalue weighted by molar-refractivity contribution is 7.10. The van der Waals surface area contributed by atoms with Gasteiger partial charge in [0, 0.05) is 11.4 Å². The molecular weight excluding hydrogens is 272 g/mol. The number of nitrogens with one attached hydrogen (secondary N) is 1. The summed E-state index contributed by atoms with van der Waals surface area (Å²) in [6, 6.07) is 4.09. The maximum Gasteiger partial charge on any atom is 0.318 e. The van der Waals surface area contributed by atoms with E-state index in [1.807, 2.05) is 23.3 Å². The zero-order valence-electron chi connectivity index (χ0n) is 12.3. The Balaban J connectivity index is 2.07. The van der Waals surface area contributed by atoms with Crippen molar-refractivity contribution in [3.8, 4) is 0 Å². The van der Waals surface area contributed by atoms with Crippen molar-refractivity contribution >= 4 is 17.4 Å². The largest absolute Gasteiger partial charge is 0.394 e. The van der Waals surface area contributed by atoms with Crippen LogP contribution in [0.1, 0.15) is 50.4 Å². The van der Waals surface area contributed by atoms with E-state index in [2.05, 4.69) is 18.3 Å². The normalized spacial score (nSPS) is 23.9. The molecule has 1 aliphatic rings. The number of carbonyl (C=O) groups is 1. The van der Waals surface area contributed by atoms with Crippen molar-refractivity contribution in [3.63, 3.8) is 0 Å². The van der Waals surface area contributed by atoms with Crippen LogP contribution < -0.4 is 5.32 Å². The molecule has 1 fully saturated rings. The lowest BCUT2D eigenvalue weighted by molar-refractivity contribution is 0.0796. The monoisotopic (exact) mass is 296 g/mol. The summed E-state index contributed by atoms with van der Waals surface area (Å²) in [6.45, 7) is 4.90. The van der Waals surface area contributed by atoms with E-state index < -0.39 is 0 Å². The van der Waals surface area contributed by atoms with Crippen molar-refractivity contribution in [2.45, 2.75) is 51.1 Å². The standard InChI is InChI=1S/C15H24N2O2S/c1-3-12(13-7-5-10-20-13)16-14(19)17-9-6-8-15(17,4-2)11-18/h5,7,10,12,18H,3-4,6,8-9,11H2,1-2H3,(H,16,19)/t12-,15+/m0/s1. The highest BCUT2D eigenvalue weighted by atomic mass is 32.1. The number of thiophene rings is 1. The van der Waals surface area contributed by atoms with Gasteiger partial charge in [-0.3, -0.25) is 0 Å². The second-order valence-electron chi connectivity index (χ2n) is 5.42. The minimum absolute atomic E-state index is 0.0429. The Hall–Kier alpha value is -1.07. The maximum absolute atomic E-state index is 12.6. The summed E-state index contributed by atoms with van der Waals surface area (Å²) < 4.78 is 0. The number of amides is 2. The smallest absolute Gasteiger partial charge is 0.318 e. The average molecular weight is 296 g/mol. The Kier molecular flexibility index (Phi) is 5.05. The van der Waals surface area contributed by atoms with E-state index in [4.69, 9.17) is 0 Å². The molecule has 2 amide bonds. The fourth-order valence-electron chi connectivity index (χ4n) is 2.99. The Labute approximate surface area is 124 Å². The zero-order chi connectivity index (χ0) is 14.6. The van der Waals surface area contributed by atoms with Gasteiger partial charge >= 0.3 is 6.03 Å². The van der Waals surface area contributed by atoms with Crippen LogP contribution >= 0.6 is 11.3 Å². The minimum Gasteiger partial charge on any atom is -0.394 e. The number of aliphatic hydroxyl groups is 1. The first-order valence-electron chi connectivity index (χ1n) is 7.39. The quantitative estimate of drug-likeness (QED) is 0.877. The molecule has 0 bridgehead atoms. The summed E-state index contributed by atoms with van der Waals surface area (Å²) in [4.78, 5) is 15.6. The van der Waals surface area contributed by atoms with E-state index in [-0.39, 0.29) is 24.2 Å². The molecule has 0 saturated carbocycles. The van der Waals surface area contributed by atoms with Crippen molar-refractivity contribution in [2.75, 3.05) is 13.2 Å². The highest BCUT2D eigenvalue weighted by Crippen LogP contribution is 2.32.